The zero-order chi connectivity index (χ0) is 13.5. The van der Waals surface area contributed by atoms with E-state index in [1.807, 2.05) is 6.07 Å². The fraction of sp³-hybridized carbons (Fsp3) is 0.357. The van der Waals surface area contributed by atoms with Gasteiger partial charge in [-0.1, -0.05) is 31.7 Å². The van der Waals surface area contributed by atoms with Crippen LogP contribution in [0.5, 0.6) is 0 Å². The zero-order valence-electron chi connectivity index (χ0n) is 11.1. The predicted octanol–water partition coefficient (Wildman–Crippen LogP) is 3.71. The van der Waals surface area contributed by atoms with Crippen LogP contribution in [0.25, 0.3) is 0 Å². The van der Waals surface area contributed by atoms with Crippen LogP contribution >= 0.6 is 23.5 Å². The summed E-state index contributed by atoms with van der Waals surface area (Å²) in [7, 11) is 0. The summed E-state index contributed by atoms with van der Waals surface area (Å²) < 4.78 is 0. The Morgan fingerprint density at radius 2 is 1.95 bits per heavy atom. The molecule has 0 aliphatic heterocycles. The van der Waals surface area contributed by atoms with Gasteiger partial charge in [0, 0.05) is 29.8 Å². The SMILES string of the molecule is CCSc1cccc(CC(C)Sc2ncccn2)n1. The average Bonchev–Trinajstić information content (AvgIpc) is 2.40. The summed E-state index contributed by atoms with van der Waals surface area (Å²) in [5, 5.41) is 2.35. The maximum absolute atomic E-state index is 4.65. The Bertz CT molecular complexity index is 505. The molecule has 5 heteroatoms. The lowest BCUT2D eigenvalue weighted by Crippen LogP contribution is -2.04. The molecule has 0 aliphatic carbocycles. The lowest BCUT2D eigenvalue weighted by molar-refractivity contribution is 0.864. The van der Waals surface area contributed by atoms with E-state index in [1.54, 1.807) is 35.9 Å². The molecule has 0 saturated carbocycles. The highest BCUT2D eigenvalue weighted by Gasteiger charge is 2.09. The molecular formula is C14H17N3S2. The van der Waals surface area contributed by atoms with E-state index in [0.29, 0.717) is 5.25 Å². The molecule has 0 saturated heterocycles. The van der Waals surface area contributed by atoms with Crippen LogP contribution in [0.2, 0.25) is 0 Å². The molecule has 0 N–H and O–H groups in total. The Kier molecular flexibility index (Phi) is 5.66. The first-order valence-electron chi connectivity index (χ1n) is 6.30. The van der Waals surface area contributed by atoms with Gasteiger partial charge in [-0.25, -0.2) is 15.0 Å². The van der Waals surface area contributed by atoms with Crippen molar-refractivity contribution in [1.82, 2.24) is 15.0 Å². The van der Waals surface area contributed by atoms with Crippen LogP contribution < -0.4 is 0 Å². The Hall–Kier alpha value is -1.07. The molecule has 2 aromatic heterocycles. The maximum atomic E-state index is 4.65. The second-order valence-corrected chi connectivity index (χ2v) is 6.75. The molecule has 3 nitrogen and oxygen atoms in total. The van der Waals surface area contributed by atoms with Gasteiger partial charge in [0.25, 0.3) is 0 Å². The largest absolute Gasteiger partial charge is 0.247 e. The molecule has 2 heterocycles. The molecule has 0 amide bonds. The number of rotatable bonds is 6. The van der Waals surface area contributed by atoms with Gasteiger partial charge in [0.1, 0.15) is 0 Å². The topological polar surface area (TPSA) is 38.7 Å². The lowest BCUT2D eigenvalue weighted by atomic mass is 10.2. The van der Waals surface area contributed by atoms with Gasteiger partial charge in [-0.3, -0.25) is 0 Å². The van der Waals surface area contributed by atoms with Gasteiger partial charge in [0.05, 0.1) is 5.03 Å². The van der Waals surface area contributed by atoms with Gasteiger partial charge in [-0.2, -0.15) is 0 Å². The third-order valence-electron chi connectivity index (χ3n) is 2.42. The van der Waals surface area contributed by atoms with E-state index in [4.69, 9.17) is 0 Å². The summed E-state index contributed by atoms with van der Waals surface area (Å²) in [6, 6.07) is 8.07. The standard InChI is InChI=1S/C14H17N3S2/c1-3-18-13-7-4-6-12(17-13)10-11(2)19-14-15-8-5-9-16-14/h4-9,11H,3,10H2,1-2H3. The highest BCUT2D eigenvalue weighted by atomic mass is 32.2. The van der Waals surface area contributed by atoms with Crippen LogP contribution in [0.1, 0.15) is 19.5 Å². The molecule has 2 rings (SSSR count). The number of hydrogen-bond donors (Lipinski definition) is 0. The van der Waals surface area contributed by atoms with E-state index in [-0.39, 0.29) is 0 Å². The number of thioether (sulfide) groups is 2. The molecule has 1 atom stereocenters. The van der Waals surface area contributed by atoms with Gasteiger partial charge in [-0.15, -0.1) is 11.8 Å². The maximum Gasteiger partial charge on any atom is 0.187 e. The molecule has 0 spiro atoms. The van der Waals surface area contributed by atoms with Crippen LogP contribution in [0.15, 0.2) is 46.8 Å². The molecule has 0 aromatic carbocycles. The lowest BCUT2D eigenvalue weighted by Gasteiger charge is -2.10. The molecule has 1 unspecified atom stereocenters. The van der Waals surface area contributed by atoms with Gasteiger partial charge >= 0.3 is 0 Å². The van der Waals surface area contributed by atoms with Gasteiger partial charge in [0.2, 0.25) is 0 Å². The molecule has 0 fully saturated rings. The van der Waals surface area contributed by atoms with Crippen molar-refractivity contribution in [1.29, 1.82) is 0 Å². The van der Waals surface area contributed by atoms with Crippen molar-refractivity contribution in [3.8, 4) is 0 Å². The van der Waals surface area contributed by atoms with Crippen molar-refractivity contribution >= 4 is 23.5 Å². The molecule has 100 valence electrons. The number of hydrogen-bond acceptors (Lipinski definition) is 5. The average molecular weight is 291 g/mol. The smallest absolute Gasteiger partial charge is 0.187 e. The number of nitrogens with zero attached hydrogens (tertiary/aromatic N) is 3. The second-order valence-electron chi connectivity index (χ2n) is 4.06. The fourth-order valence-electron chi connectivity index (χ4n) is 1.66. The Balaban J connectivity index is 1.95. The van der Waals surface area contributed by atoms with Crippen molar-refractivity contribution in [2.75, 3.05) is 5.75 Å². The molecule has 0 radical (unpaired) electrons. The molecule has 2 aromatic rings. The molecule has 0 bridgehead atoms. The van der Waals surface area contributed by atoms with Crippen molar-refractivity contribution in [3.05, 3.63) is 42.4 Å². The highest BCUT2D eigenvalue weighted by Crippen LogP contribution is 2.22. The van der Waals surface area contributed by atoms with Gasteiger partial charge in [0.15, 0.2) is 5.16 Å². The quantitative estimate of drug-likeness (QED) is 0.599. The van der Waals surface area contributed by atoms with Gasteiger partial charge in [-0.05, 0) is 24.0 Å². The molecule has 19 heavy (non-hydrogen) atoms. The third kappa shape index (κ3) is 4.84. The number of pyridine rings is 1. The normalized spacial score (nSPS) is 12.3. The Labute approximate surface area is 122 Å². The van der Waals surface area contributed by atoms with Crippen molar-refractivity contribution in [2.45, 2.75) is 35.7 Å². The van der Waals surface area contributed by atoms with E-state index < -0.39 is 0 Å². The zero-order valence-corrected chi connectivity index (χ0v) is 12.7. The number of aromatic nitrogens is 3. The van der Waals surface area contributed by atoms with E-state index in [9.17, 15) is 0 Å². The van der Waals surface area contributed by atoms with Crippen LogP contribution in [0.4, 0.5) is 0 Å². The fourth-order valence-corrected chi connectivity index (χ4v) is 3.17. The summed E-state index contributed by atoms with van der Waals surface area (Å²) in [5.74, 6) is 1.05. The minimum atomic E-state index is 0.414. The Morgan fingerprint density at radius 3 is 2.68 bits per heavy atom. The summed E-state index contributed by atoms with van der Waals surface area (Å²) in [6.07, 6.45) is 4.48. The first kappa shape index (κ1) is 14.3. The highest BCUT2D eigenvalue weighted by molar-refractivity contribution is 7.99. The molecule has 0 aliphatic rings. The van der Waals surface area contributed by atoms with Crippen molar-refractivity contribution < 1.29 is 0 Å². The first-order valence-corrected chi connectivity index (χ1v) is 8.17. The van der Waals surface area contributed by atoms with Gasteiger partial charge < -0.3 is 0 Å². The van der Waals surface area contributed by atoms with Crippen LogP contribution in [-0.2, 0) is 6.42 Å². The summed E-state index contributed by atoms with van der Waals surface area (Å²) in [4.78, 5) is 13.1. The minimum absolute atomic E-state index is 0.414. The van der Waals surface area contributed by atoms with Crippen LogP contribution in [0, 0.1) is 0 Å². The summed E-state index contributed by atoms with van der Waals surface area (Å²) in [6.45, 7) is 4.33. The monoisotopic (exact) mass is 291 g/mol. The van der Waals surface area contributed by atoms with Crippen LogP contribution in [-0.4, -0.2) is 26.0 Å². The summed E-state index contributed by atoms with van der Waals surface area (Å²) in [5.41, 5.74) is 1.13. The van der Waals surface area contributed by atoms with E-state index in [2.05, 4.69) is 47.0 Å². The van der Waals surface area contributed by atoms with Crippen molar-refractivity contribution in [3.63, 3.8) is 0 Å². The van der Waals surface area contributed by atoms with Crippen LogP contribution in [0.3, 0.4) is 0 Å². The second kappa shape index (κ2) is 7.50. The van der Waals surface area contributed by atoms with E-state index >= 15 is 0 Å². The predicted molar refractivity (Wildman–Crippen MR) is 81.7 cm³/mol. The molecular weight excluding hydrogens is 274 g/mol. The van der Waals surface area contributed by atoms with E-state index in [0.717, 1.165) is 28.0 Å². The van der Waals surface area contributed by atoms with Crippen molar-refractivity contribution in [2.24, 2.45) is 0 Å². The Morgan fingerprint density at radius 1 is 1.16 bits per heavy atom. The summed E-state index contributed by atoms with van der Waals surface area (Å²) >= 11 is 3.47. The minimum Gasteiger partial charge on any atom is -0.247 e. The third-order valence-corrected chi connectivity index (χ3v) is 4.22. The first-order chi connectivity index (χ1) is 9.28. The van der Waals surface area contributed by atoms with E-state index in [1.165, 1.54) is 0 Å².